The summed E-state index contributed by atoms with van der Waals surface area (Å²) in [6.07, 6.45) is 3.28. The van der Waals surface area contributed by atoms with Gasteiger partial charge in [-0.15, -0.1) is 0 Å². The second-order valence-corrected chi connectivity index (χ2v) is 6.64. The number of anilines is 1. The number of fused-ring (bicyclic) bond motifs is 1. The van der Waals surface area contributed by atoms with Gasteiger partial charge in [0.2, 0.25) is 0 Å². The maximum atomic E-state index is 3.39. The third-order valence-electron chi connectivity index (χ3n) is 5.15. The van der Waals surface area contributed by atoms with E-state index < -0.39 is 0 Å². The minimum atomic E-state index is 1.03. The topological polar surface area (TPSA) is 22.3 Å². The fourth-order valence-electron chi connectivity index (χ4n) is 3.61. The Morgan fingerprint density at radius 1 is 0.917 bits per heavy atom. The molecule has 124 valence electrons. The van der Waals surface area contributed by atoms with Gasteiger partial charge in [0, 0.05) is 55.5 Å². The third kappa shape index (κ3) is 3.04. The zero-order valence-electron chi connectivity index (χ0n) is 14.3. The number of rotatable bonds is 4. The van der Waals surface area contributed by atoms with Crippen LogP contribution in [-0.4, -0.2) is 36.1 Å². The van der Waals surface area contributed by atoms with Gasteiger partial charge in [0.05, 0.1) is 0 Å². The lowest BCUT2D eigenvalue weighted by atomic mass is 10.1. The van der Waals surface area contributed by atoms with Crippen molar-refractivity contribution in [3.05, 3.63) is 65.9 Å². The number of nitrogens with zero attached hydrogens (tertiary/aromatic N) is 2. The maximum absolute atomic E-state index is 3.39. The monoisotopic (exact) mass is 319 g/mol. The second kappa shape index (κ2) is 6.70. The molecular formula is C21H25N3. The van der Waals surface area contributed by atoms with Crippen molar-refractivity contribution in [2.75, 3.05) is 31.1 Å². The first kappa shape index (κ1) is 15.3. The molecule has 3 nitrogen and oxygen atoms in total. The maximum Gasteiger partial charge on any atom is 0.0457 e. The minimum absolute atomic E-state index is 1.03. The molecule has 1 saturated heterocycles. The van der Waals surface area contributed by atoms with Gasteiger partial charge >= 0.3 is 0 Å². The Morgan fingerprint density at radius 3 is 2.42 bits per heavy atom. The van der Waals surface area contributed by atoms with E-state index in [1.165, 1.54) is 27.7 Å². The van der Waals surface area contributed by atoms with Crippen molar-refractivity contribution in [2.45, 2.75) is 19.9 Å². The number of nitrogens with one attached hydrogen (secondary N) is 1. The van der Waals surface area contributed by atoms with Crippen LogP contribution < -0.4 is 4.90 Å². The zero-order valence-corrected chi connectivity index (χ0v) is 14.3. The van der Waals surface area contributed by atoms with Crippen molar-refractivity contribution in [1.82, 2.24) is 9.88 Å². The van der Waals surface area contributed by atoms with E-state index in [2.05, 4.69) is 76.4 Å². The van der Waals surface area contributed by atoms with Crippen molar-refractivity contribution in [2.24, 2.45) is 0 Å². The standard InChI is InChI=1S/C21H25N3/c1-2-17-7-9-19(10-8-17)24-13-11-23(12-14-24)16-18-15-22-21-6-4-3-5-20(18)21/h3-10,15,22H,2,11-14,16H2,1H3. The highest BCUT2D eigenvalue weighted by Crippen LogP contribution is 2.22. The van der Waals surface area contributed by atoms with E-state index in [1.807, 2.05) is 0 Å². The molecule has 3 aromatic rings. The molecule has 1 aliphatic rings. The second-order valence-electron chi connectivity index (χ2n) is 6.64. The van der Waals surface area contributed by atoms with Gasteiger partial charge in [-0.05, 0) is 35.7 Å². The number of para-hydroxylation sites is 1. The summed E-state index contributed by atoms with van der Waals surface area (Å²) < 4.78 is 0. The Hall–Kier alpha value is -2.26. The largest absolute Gasteiger partial charge is 0.369 e. The first-order chi connectivity index (χ1) is 11.8. The van der Waals surface area contributed by atoms with Crippen LogP contribution in [0.2, 0.25) is 0 Å². The van der Waals surface area contributed by atoms with Gasteiger partial charge in [0.15, 0.2) is 0 Å². The van der Waals surface area contributed by atoms with Gasteiger partial charge < -0.3 is 9.88 Å². The predicted octanol–water partition coefficient (Wildman–Crippen LogP) is 4.05. The quantitative estimate of drug-likeness (QED) is 0.783. The van der Waals surface area contributed by atoms with Crippen LogP contribution in [0.1, 0.15) is 18.1 Å². The van der Waals surface area contributed by atoms with Gasteiger partial charge in [-0.1, -0.05) is 37.3 Å². The number of aromatic nitrogens is 1. The van der Waals surface area contributed by atoms with Gasteiger partial charge in [0.1, 0.15) is 0 Å². The first-order valence-electron chi connectivity index (χ1n) is 8.95. The normalized spacial score (nSPS) is 16.0. The number of piperazine rings is 1. The van der Waals surface area contributed by atoms with Gasteiger partial charge in [0.25, 0.3) is 0 Å². The molecule has 0 aliphatic carbocycles. The summed E-state index contributed by atoms with van der Waals surface area (Å²) in [7, 11) is 0. The Labute approximate surface area is 143 Å². The molecular weight excluding hydrogens is 294 g/mol. The number of aromatic amines is 1. The Bertz CT molecular complexity index is 795. The molecule has 1 aromatic heterocycles. The molecule has 24 heavy (non-hydrogen) atoms. The molecule has 2 aromatic carbocycles. The molecule has 0 spiro atoms. The molecule has 0 saturated carbocycles. The number of H-pyrrole nitrogens is 1. The Balaban J connectivity index is 1.39. The number of benzene rings is 2. The van der Waals surface area contributed by atoms with E-state index >= 15 is 0 Å². The molecule has 1 aliphatic heterocycles. The van der Waals surface area contributed by atoms with Crippen LogP contribution in [0.5, 0.6) is 0 Å². The van der Waals surface area contributed by atoms with Gasteiger partial charge in [-0.3, -0.25) is 4.90 Å². The lowest BCUT2D eigenvalue weighted by Gasteiger charge is -2.36. The lowest BCUT2D eigenvalue weighted by molar-refractivity contribution is 0.250. The van der Waals surface area contributed by atoms with Crippen molar-refractivity contribution in [1.29, 1.82) is 0 Å². The third-order valence-corrected chi connectivity index (χ3v) is 5.15. The average Bonchev–Trinajstić information content (AvgIpc) is 3.06. The highest BCUT2D eigenvalue weighted by Gasteiger charge is 2.18. The van der Waals surface area contributed by atoms with Crippen molar-refractivity contribution in [3.63, 3.8) is 0 Å². The summed E-state index contributed by atoms with van der Waals surface area (Å²) in [5.41, 5.74) is 5.42. The smallest absolute Gasteiger partial charge is 0.0457 e. The predicted molar refractivity (Wildman–Crippen MR) is 102 cm³/mol. The van der Waals surface area contributed by atoms with Crippen LogP contribution in [0.3, 0.4) is 0 Å². The van der Waals surface area contributed by atoms with Crippen LogP contribution in [0.25, 0.3) is 10.9 Å². The summed E-state index contributed by atoms with van der Waals surface area (Å²) in [6.45, 7) is 7.69. The average molecular weight is 319 g/mol. The molecule has 4 rings (SSSR count). The first-order valence-corrected chi connectivity index (χ1v) is 8.95. The van der Waals surface area contributed by atoms with Crippen LogP contribution in [0.4, 0.5) is 5.69 Å². The highest BCUT2D eigenvalue weighted by molar-refractivity contribution is 5.82. The number of hydrogen-bond acceptors (Lipinski definition) is 2. The molecule has 1 N–H and O–H groups in total. The van der Waals surface area contributed by atoms with Crippen molar-refractivity contribution >= 4 is 16.6 Å². The number of aryl methyl sites for hydroxylation is 1. The Kier molecular flexibility index (Phi) is 4.26. The zero-order chi connectivity index (χ0) is 16.4. The summed E-state index contributed by atoms with van der Waals surface area (Å²) in [5, 5.41) is 1.36. The van der Waals surface area contributed by atoms with E-state index in [4.69, 9.17) is 0 Å². The molecule has 0 bridgehead atoms. The van der Waals surface area contributed by atoms with E-state index in [1.54, 1.807) is 0 Å². The highest BCUT2D eigenvalue weighted by atomic mass is 15.3. The summed E-state index contributed by atoms with van der Waals surface area (Å²) in [4.78, 5) is 8.45. The van der Waals surface area contributed by atoms with Crippen LogP contribution >= 0.6 is 0 Å². The molecule has 0 atom stereocenters. The molecule has 2 heterocycles. The summed E-state index contributed by atoms with van der Waals surface area (Å²) >= 11 is 0. The molecule has 1 fully saturated rings. The van der Waals surface area contributed by atoms with E-state index in [0.29, 0.717) is 0 Å². The minimum Gasteiger partial charge on any atom is -0.369 e. The summed E-state index contributed by atoms with van der Waals surface area (Å²) in [5.74, 6) is 0. The van der Waals surface area contributed by atoms with Crippen LogP contribution in [-0.2, 0) is 13.0 Å². The molecule has 0 unspecified atom stereocenters. The van der Waals surface area contributed by atoms with E-state index in [9.17, 15) is 0 Å². The van der Waals surface area contributed by atoms with Crippen molar-refractivity contribution in [3.8, 4) is 0 Å². The van der Waals surface area contributed by atoms with Gasteiger partial charge in [-0.25, -0.2) is 0 Å². The fraction of sp³-hybridized carbons (Fsp3) is 0.333. The fourth-order valence-corrected chi connectivity index (χ4v) is 3.61. The Morgan fingerprint density at radius 2 is 1.67 bits per heavy atom. The van der Waals surface area contributed by atoms with Crippen LogP contribution in [0, 0.1) is 0 Å². The van der Waals surface area contributed by atoms with E-state index in [-0.39, 0.29) is 0 Å². The molecule has 0 amide bonds. The lowest BCUT2D eigenvalue weighted by Crippen LogP contribution is -2.45. The SMILES string of the molecule is CCc1ccc(N2CCN(Cc3c[nH]c4ccccc34)CC2)cc1. The van der Waals surface area contributed by atoms with E-state index in [0.717, 1.165) is 39.1 Å². The molecule has 0 radical (unpaired) electrons. The number of hydrogen-bond donors (Lipinski definition) is 1. The molecule has 3 heteroatoms. The summed E-state index contributed by atoms with van der Waals surface area (Å²) in [6, 6.07) is 17.6. The van der Waals surface area contributed by atoms with Crippen molar-refractivity contribution < 1.29 is 0 Å². The van der Waals surface area contributed by atoms with Crippen LogP contribution in [0.15, 0.2) is 54.7 Å². The van der Waals surface area contributed by atoms with Gasteiger partial charge in [-0.2, -0.15) is 0 Å².